The SMILES string of the molecule is CC(C)C(=O)CCCN1CCN(C(=O)CCC(=O)N2CCN(CCNC(=O)C(C)C)CC2)CC1. The molecule has 194 valence electrons. The molecule has 0 radical (unpaired) electrons. The molecule has 2 fully saturated rings. The molecule has 2 rings (SSSR count). The quantitative estimate of drug-likeness (QED) is 0.446. The number of Topliss-reactive ketones (excluding diaryl/α,β-unsaturated/α-hetero) is 1. The first-order valence-electron chi connectivity index (χ1n) is 13.0. The molecule has 0 atom stereocenters. The number of nitrogens with one attached hydrogen (secondary N) is 1. The van der Waals surface area contributed by atoms with Crippen LogP contribution < -0.4 is 5.32 Å². The lowest BCUT2D eigenvalue weighted by molar-refractivity contribution is -0.138. The van der Waals surface area contributed by atoms with Crippen molar-refractivity contribution >= 4 is 23.5 Å². The molecule has 34 heavy (non-hydrogen) atoms. The van der Waals surface area contributed by atoms with Crippen molar-refractivity contribution in [3.63, 3.8) is 0 Å². The topological polar surface area (TPSA) is 93.3 Å². The Morgan fingerprint density at radius 3 is 1.56 bits per heavy atom. The van der Waals surface area contributed by atoms with E-state index in [1.54, 1.807) is 0 Å². The van der Waals surface area contributed by atoms with Gasteiger partial charge in [-0.2, -0.15) is 0 Å². The largest absolute Gasteiger partial charge is 0.355 e. The Labute approximate surface area is 205 Å². The van der Waals surface area contributed by atoms with Gasteiger partial charge in [-0.25, -0.2) is 0 Å². The summed E-state index contributed by atoms with van der Waals surface area (Å²) in [6.45, 7) is 15.9. The third-order valence-corrected chi connectivity index (χ3v) is 6.80. The van der Waals surface area contributed by atoms with E-state index < -0.39 is 0 Å². The van der Waals surface area contributed by atoms with Crippen molar-refractivity contribution in [2.24, 2.45) is 11.8 Å². The molecule has 2 saturated heterocycles. The van der Waals surface area contributed by atoms with Gasteiger partial charge in [-0.05, 0) is 13.0 Å². The van der Waals surface area contributed by atoms with E-state index in [-0.39, 0.29) is 42.4 Å². The average Bonchev–Trinajstić information content (AvgIpc) is 2.82. The monoisotopic (exact) mass is 479 g/mol. The van der Waals surface area contributed by atoms with Crippen molar-refractivity contribution in [2.75, 3.05) is 72.0 Å². The lowest BCUT2D eigenvalue weighted by Gasteiger charge is -2.36. The van der Waals surface area contributed by atoms with Crippen LogP contribution in [0.4, 0.5) is 0 Å². The van der Waals surface area contributed by atoms with E-state index in [1.165, 1.54) is 0 Å². The minimum atomic E-state index is -0.00689. The molecule has 0 aromatic heterocycles. The summed E-state index contributed by atoms with van der Waals surface area (Å²) in [5.41, 5.74) is 0. The van der Waals surface area contributed by atoms with Crippen molar-refractivity contribution in [1.29, 1.82) is 0 Å². The molecule has 2 aliphatic rings. The van der Waals surface area contributed by atoms with Gasteiger partial charge in [0.25, 0.3) is 0 Å². The maximum absolute atomic E-state index is 12.6. The highest BCUT2D eigenvalue weighted by Gasteiger charge is 2.24. The van der Waals surface area contributed by atoms with Gasteiger partial charge < -0.3 is 15.1 Å². The van der Waals surface area contributed by atoms with E-state index in [9.17, 15) is 19.2 Å². The zero-order valence-electron chi connectivity index (χ0n) is 21.7. The summed E-state index contributed by atoms with van der Waals surface area (Å²) in [6.07, 6.45) is 2.03. The van der Waals surface area contributed by atoms with Gasteiger partial charge in [-0.1, -0.05) is 27.7 Å². The summed E-state index contributed by atoms with van der Waals surface area (Å²) in [5.74, 6) is 0.586. The number of hydrogen-bond donors (Lipinski definition) is 1. The third-order valence-electron chi connectivity index (χ3n) is 6.80. The molecule has 0 aromatic carbocycles. The number of amides is 3. The Bertz CT molecular complexity index is 623. The highest BCUT2D eigenvalue weighted by molar-refractivity contribution is 5.84. The molecule has 0 unspecified atom stereocenters. The Morgan fingerprint density at radius 1 is 0.647 bits per heavy atom. The molecule has 9 nitrogen and oxygen atoms in total. The molecule has 0 aromatic rings. The van der Waals surface area contributed by atoms with Gasteiger partial charge in [0.05, 0.1) is 0 Å². The van der Waals surface area contributed by atoms with Crippen molar-refractivity contribution in [2.45, 2.75) is 53.4 Å². The molecule has 9 heteroatoms. The van der Waals surface area contributed by atoms with E-state index in [0.29, 0.717) is 44.9 Å². The second-order valence-corrected chi connectivity index (χ2v) is 10.1. The Hall–Kier alpha value is -2.00. The van der Waals surface area contributed by atoms with Crippen LogP contribution in [0.2, 0.25) is 0 Å². The smallest absolute Gasteiger partial charge is 0.223 e. The average molecular weight is 480 g/mol. The summed E-state index contributed by atoms with van der Waals surface area (Å²) in [4.78, 5) is 56.9. The van der Waals surface area contributed by atoms with E-state index in [4.69, 9.17) is 0 Å². The van der Waals surface area contributed by atoms with E-state index >= 15 is 0 Å². The number of carbonyl (C=O) groups is 4. The summed E-state index contributed by atoms with van der Waals surface area (Å²) >= 11 is 0. The molecule has 0 aliphatic carbocycles. The third kappa shape index (κ3) is 9.70. The second-order valence-electron chi connectivity index (χ2n) is 10.1. The van der Waals surface area contributed by atoms with Crippen molar-refractivity contribution in [1.82, 2.24) is 24.9 Å². The predicted octanol–water partition coefficient (Wildman–Crippen LogP) is 0.833. The summed E-state index contributed by atoms with van der Waals surface area (Å²) in [7, 11) is 0. The first kappa shape index (κ1) is 28.2. The Kier molecular flexibility index (Phi) is 12.0. The maximum Gasteiger partial charge on any atom is 0.223 e. The fraction of sp³-hybridized carbons (Fsp3) is 0.840. The number of hydrogen-bond acceptors (Lipinski definition) is 6. The van der Waals surface area contributed by atoms with Crippen LogP contribution in [0.1, 0.15) is 53.4 Å². The molecule has 0 spiro atoms. The number of nitrogens with zero attached hydrogens (tertiary/aromatic N) is 4. The van der Waals surface area contributed by atoms with Crippen LogP contribution in [-0.4, -0.2) is 115 Å². The molecule has 0 bridgehead atoms. The lowest BCUT2D eigenvalue weighted by atomic mass is 10.0. The van der Waals surface area contributed by atoms with Crippen LogP contribution in [0.25, 0.3) is 0 Å². The molecule has 2 aliphatic heterocycles. The fourth-order valence-electron chi connectivity index (χ4n) is 4.28. The number of piperazine rings is 2. The maximum atomic E-state index is 12.6. The highest BCUT2D eigenvalue weighted by Crippen LogP contribution is 2.10. The standard InChI is InChI=1S/C25H45N5O4/c1-20(2)22(31)6-5-10-27-12-16-29(17-13-27)23(32)7-8-24(33)30-18-14-28(15-19-30)11-9-26-25(34)21(3)4/h20-21H,5-19H2,1-4H3,(H,26,34). The van der Waals surface area contributed by atoms with Crippen LogP contribution in [0.3, 0.4) is 0 Å². The zero-order valence-corrected chi connectivity index (χ0v) is 21.7. The van der Waals surface area contributed by atoms with E-state index in [1.807, 2.05) is 37.5 Å². The summed E-state index contributed by atoms with van der Waals surface area (Å²) in [5, 5.41) is 2.93. The Balaban J connectivity index is 1.57. The molecular formula is C25H45N5O4. The van der Waals surface area contributed by atoms with Crippen LogP contribution in [-0.2, 0) is 19.2 Å². The zero-order chi connectivity index (χ0) is 25.1. The van der Waals surface area contributed by atoms with Crippen LogP contribution >= 0.6 is 0 Å². The predicted molar refractivity (Wildman–Crippen MR) is 132 cm³/mol. The second kappa shape index (κ2) is 14.4. The van der Waals surface area contributed by atoms with Gasteiger partial charge >= 0.3 is 0 Å². The van der Waals surface area contributed by atoms with Crippen LogP contribution in [0.15, 0.2) is 0 Å². The summed E-state index contributed by atoms with van der Waals surface area (Å²) < 4.78 is 0. The Morgan fingerprint density at radius 2 is 1.12 bits per heavy atom. The van der Waals surface area contributed by atoms with Crippen molar-refractivity contribution < 1.29 is 19.2 Å². The first-order chi connectivity index (χ1) is 16.2. The summed E-state index contributed by atoms with van der Waals surface area (Å²) in [6, 6.07) is 0. The normalized spacial score (nSPS) is 17.9. The highest BCUT2D eigenvalue weighted by atomic mass is 16.2. The van der Waals surface area contributed by atoms with Crippen LogP contribution in [0, 0.1) is 11.8 Å². The van der Waals surface area contributed by atoms with E-state index in [0.717, 1.165) is 45.7 Å². The van der Waals surface area contributed by atoms with Gasteiger partial charge in [0.2, 0.25) is 17.7 Å². The fourth-order valence-corrected chi connectivity index (χ4v) is 4.28. The molecule has 3 amide bonds. The van der Waals surface area contributed by atoms with E-state index in [2.05, 4.69) is 15.1 Å². The number of rotatable bonds is 12. The van der Waals surface area contributed by atoms with Gasteiger partial charge in [-0.15, -0.1) is 0 Å². The van der Waals surface area contributed by atoms with Crippen molar-refractivity contribution in [3.05, 3.63) is 0 Å². The van der Waals surface area contributed by atoms with Gasteiger partial charge in [-0.3, -0.25) is 29.0 Å². The molecule has 0 saturated carbocycles. The minimum Gasteiger partial charge on any atom is -0.355 e. The van der Waals surface area contributed by atoms with Gasteiger partial charge in [0.15, 0.2) is 0 Å². The lowest BCUT2D eigenvalue weighted by Crippen LogP contribution is -2.51. The van der Waals surface area contributed by atoms with Crippen molar-refractivity contribution in [3.8, 4) is 0 Å². The number of ketones is 1. The van der Waals surface area contributed by atoms with Crippen LogP contribution in [0.5, 0.6) is 0 Å². The minimum absolute atomic E-state index is 0.00689. The van der Waals surface area contributed by atoms with Gasteiger partial charge in [0.1, 0.15) is 5.78 Å². The number of carbonyl (C=O) groups excluding carboxylic acids is 4. The first-order valence-corrected chi connectivity index (χ1v) is 13.0. The molecule has 2 heterocycles. The van der Waals surface area contributed by atoms with Gasteiger partial charge in [0, 0.05) is 96.5 Å². The molecule has 1 N–H and O–H groups in total. The molecular weight excluding hydrogens is 434 g/mol.